The lowest BCUT2D eigenvalue weighted by Gasteiger charge is -2.07. The molecule has 4 aromatic rings. The number of thiophene rings is 1. The molecule has 5 heteroatoms. The van der Waals surface area contributed by atoms with Crippen molar-refractivity contribution in [1.82, 2.24) is 0 Å². The minimum atomic E-state index is -0.478. The van der Waals surface area contributed by atoms with Crippen LogP contribution in [0.15, 0.2) is 91.0 Å². The molecule has 1 amide bonds. The van der Waals surface area contributed by atoms with Crippen molar-refractivity contribution in [2.75, 3.05) is 12.4 Å². The number of rotatable bonds is 6. The largest absolute Gasteiger partial charge is 0.465 e. The van der Waals surface area contributed by atoms with Gasteiger partial charge in [-0.05, 0) is 35.3 Å². The fourth-order valence-corrected chi connectivity index (χ4v) is 4.69. The normalized spacial score (nSPS) is 10.8. The summed E-state index contributed by atoms with van der Waals surface area (Å²) in [6.07, 6.45) is 3.22. The Bertz CT molecular complexity index is 1290. The van der Waals surface area contributed by atoms with Gasteiger partial charge < -0.3 is 10.1 Å². The Morgan fingerprint density at radius 3 is 2.00 bits per heavy atom. The standard InChI is InChI=1S/C28H23NO3S/c1-19-25(23-11-7-4-8-12-23)26(28(31)32-2)27(33-19)29-24(30)18-15-20-13-16-22(17-14-20)21-9-5-3-6-10-21/h3-18H,1-2H3,(H,29,30)/b18-15+. The molecule has 0 radical (unpaired) electrons. The molecular weight excluding hydrogens is 430 g/mol. The van der Waals surface area contributed by atoms with Crippen LogP contribution in [0.5, 0.6) is 0 Å². The minimum Gasteiger partial charge on any atom is -0.465 e. The second kappa shape index (κ2) is 10.1. The number of esters is 1. The first-order chi connectivity index (χ1) is 16.1. The first kappa shape index (κ1) is 22.2. The van der Waals surface area contributed by atoms with Gasteiger partial charge in [0.05, 0.1) is 7.11 Å². The van der Waals surface area contributed by atoms with Crippen molar-refractivity contribution in [3.8, 4) is 22.3 Å². The SMILES string of the molecule is COC(=O)c1c(NC(=O)/C=C/c2ccc(-c3ccccc3)cc2)sc(C)c1-c1ccccc1. The first-order valence-electron chi connectivity index (χ1n) is 10.5. The number of nitrogens with one attached hydrogen (secondary N) is 1. The van der Waals surface area contributed by atoms with Gasteiger partial charge in [0.1, 0.15) is 10.6 Å². The third-order valence-corrected chi connectivity index (χ3v) is 6.24. The average molecular weight is 454 g/mol. The number of hydrogen-bond acceptors (Lipinski definition) is 4. The van der Waals surface area contributed by atoms with Gasteiger partial charge in [-0.15, -0.1) is 11.3 Å². The van der Waals surface area contributed by atoms with E-state index in [1.165, 1.54) is 24.5 Å². The molecule has 1 heterocycles. The zero-order valence-corrected chi connectivity index (χ0v) is 19.2. The van der Waals surface area contributed by atoms with Crippen LogP contribution in [-0.2, 0) is 9.53 Å². The molecular formula is C28H23NO3S. The number of benzene rings is 3. The summed E-state index contributed by atoms with van der Waals surface area (Å²) in [5.74, 6) is -0.790. The number of hydrogen-bond donors (Lipinski definition) is 1. The molecule has 0 unspecified atom stereocenters. The third-order valence-electron chi connectivity index (χ3n) is 5.22. The summed E-state index contributed by atoms with van der Waals surface area (Å²) in [5, 5.41) is 3.34. The van der Waals surface area contributed by atoms with Crippen molar-refractivity contribution in [2.45, 2.75) is 6.92 Å². The van der Waals surface area contributed by atoms with Crippen LogP contribution >= 0.6 is 11.3 Å². The number of carbonyl (C=O) groups is 2. The average Bonchev–Trinajstić information content (AvgIpc) is 3.19. The van der Waals surface area contributed by atoms with E-state index < -0.39 is 5.97 Å². The summed E-state index contributed by atoms with van der Waals surface area (Å²) in [5.41, 5.74) is 5.22. The molecule has 4 nitrogen and oxygen atoms in total. The molecule has 1 aromatic heterocycles. The summed E-state index contributed by atoms with van der Waals surface area (Å²) < 4.78 is 5.01. The van der Waals surface area contributed by atoms with Crippen LogP contribution in [0.25, 0.3) is 28.3 Å². The zero-order valence-electron chi connectivity index (χ0n) is 18.4. The van der Waals surface area contributed by atoms with Gasteiger partial charge in [0.15, 0.2) is 0 Å². The molecule has 0 bridgehead atoms. The summed E-state index contributed by atoms with van der Waals surface area (Å²) in [4.78, 5) is 26.1. The van der Waals surface area contributed by atoms with Crippen LogP contribution in [0.3, 0.4) is 0 Å². The van der Waals surface area contributed by atoms with E-state index in [2.05, 4.69) is 17.4 Å². The van der Waals surface area contributed by atoms with Crippen LogP contribution in [0.2, 0.25) is 0 Å². The van der Waals surface area contributed by atoms with Crippen molar-refractivity contribution in [2.24, 2.45) is 0 Å². The van der Waals surface area contributed by atoms with E-state index in [0.29, 0.717) is 10.6 Å². The van der Waals surface area contributed by atoms with Crippen LogP contribution in [0.4, 0.5) is 5.00 Å². The summed E-state index contributed by atoms with van der Waals surface area (Å²) in [7, 11) is 1.34. The van der Waals surface area contributed by atoms with Crippen molar-refractivity contribution in [1.29, 1.82) is 0 Å². The predicted octanol–water partition coefficient (Wildman–Crippen LogP) is 6.83. The van der Waals surface area contributed by atoms with Gasteiger partial charge in [0, 0.05) is 16.5 Å². The van der Waals surface area contributed by atoms with E-state index in [-0.39, 0.29) is 5.91 Å². The lowest BCUT2D eigenvalue weighted by atomic mass is 10.0. The molecule has 0 atom stereocenters. The Morgan fingerprint density at radius 1 is 0.818 bits per heavy atom. The Morgan fingerprint density at radius 2 is 1.39 bits per heavy atom. The Kier molecular flexibility index (Phi) is 6.81. The van der Waals surface area contributed by atoms with Crippen molar-refractivity contribution >= 4 is 34.3 Å². The highest BCUT2D eigenvalue weighted by Gasteiger charge is 2.24. The molecule has 0 aliphatic heterocycles. The Balaban J connectivity index is 1.54. The van der Waals surface area contributed by atoms with E-state index in [1.54, 1.807) is 6.08 Å². The second-order valence-corrected chi connectivity index (χ2v) is 8.63. The summed E-state index contributed by atoms with van der Waals surface area (Å²) >= 11 is 1.36. The molecule has 1 N–H and O–H groups in total. The van der Waals surface area contributed by atoms with Gasteiger partial charge in [-0.1, -0.05) is 84.9 Å². The zero-order chi connectivity index (χ0) is 23.2. The second-order valence-electron chi connectivity index (χ2n) is 7.41. The summed E-state index contributed by atoms with van der Waals surface area (Å²) in [6, 6.07) is 27.7. The molecule has 0 saturated heterocycles. The van der Waals surface area contributed by atoms with Crippen LogP contribution in [0.1, 0.15) is 20.8 Å². The van der Waals surface area contributed by atoms with Gasteiger partial charge in [-0.2, -0.15) is 0 Å². The summed E-state index contributed by atoms with van der Waals surface area (Å²) in [6.45, 7) is 1.93. The maximum absolute atomic E-state index is 12.7. The molecule has 4 rings (SSSR count). The quantitative estimate of drug-likeness (QED) is 0.257. The third kappa shape index (κ3) is 5.10. The topological polar surface area (TPSA) is 55.4 Å². The highest BCUT2D eigenvalue weighted by molar-refractivity contribution is 7.17. The Hall–Kier alpha value is -3.96. The van der Waals surface area contributed by atoms with Gasteiger partial charge >= 0.3 is 5.97 Å². The maximum atomic E-state index is 12.7. The minimum absolute atomic E-state index is 0.312. The molecule has 164 valence electrons. The van der Waals surface area contributed by atoms with Crippen molar-refractivity contribution < 1.29 is 14.3 Å². The highest BCUT2D eigenvalue weighted by atomic mass is 32.1. The molecule has 0 saturated carbocycles. The smallest absolute Gasteiger partial charge is 0.341 e. The predicted molar refractivity (Wildman–Crippen MR) is 135 cm³/mol. The molecule has 0 spiro atoms. The molecule has 0 fully saturated rings. The van der Waals surface area contributed by atoms with E-state index in [1.807, 2.05) is 79.7 Å². The lowest BCUT2D eigenvalue weighted by molar-refractivity contribution is -0.111. The fourth-order valence-electron chi connectivity index (χ4n) is 3.62. The van der Waals surface area contributed by atoms with Crippen LogP contribution in [-0.4, -0.2) is 19.0 Å². The Labute approximate surface area is 197 Å². The van der Waals surface area contributed by atoms with Crippen molar-refractivity contribution in [3.05, 3.63) is 107 Å². The van der Waals surface area contributed by atoms with Crippen molar-refractivity contribution in [3.63, 3.8) is 0 Å². The highest BCUT2D eigenvalue weighted by Crippen LogP contribution is 2.40. The number of carbonyl (C=O) groups excluding carboxylic acids is 2. The molecule has 0 aliphatic carbocycles. The van der Waals surface area contributed by atoms with Gasteiger partial charge in [0.2, 0.25) is 5.91 Å². The van der Waals surface area contributed by atoms with Gasteiger partial charge in [-0.3, -0.25) is 4.79 Å². The van der Waals surface area contributed by atoms with Crippen LogP contribution in [0, 0.1) is 6.92 Å². The maximum Gasteiger partial charge on any atom is 0.341 e. The molecule has 0 aliphatic rings. The number of anilines is 1. The number of methoxy groups -OCH3 is 1. The van der Waals surface area contributed by atoms with E-state index in [0.717, 1.165) is 32.7 Å². The van der Waals surface area contributed by atoms with Gasteiger partial charge in [0.25, 0.3) is 0 Å². The van der Waals surface area contributed by atoms with E-state index in [9.17, 15) is 9.59 Å². The molecule has 3 aromatic carbocycles. The fraction of sp³-hybridized carbons (Fsp3) is 0.0714. The van der Waals surface area contributed by atoms with E-state index >= 15 is 0 Å². The van der Waals surface area contributed by atoms with Crippen LogP contribution < -0.4 is 5.32 Å². The van der Waals surface area contributed by atoms with E-state index in [4.69, 9.17) is 4.74 Å². The number of aryl methyl sites for hydroxylation is 1. The van der Waals surface area contributed by atoms with Gasteiger partial charge in [-0.25, -0.2) is 4.79 Å². The number of ether oxygens (including phenoxy) is 1. The molecule has 33 heavy (non-hydrogen) atoms. The monoisotopic (exact) mass is 453 g/mol. The number of amides is 1. The first-order valence-corrected chi connectivity index (χ1v) is 11.3. The lowest BCUT2D eigenvalue weighted by Crippen LogP contribution is -2.11.